The van der Waals surface area contributed by atoms with Crippen LogP contribution in [-0.4, -0.2) is 55.2 Å². The molecule has 8 heteroatoms. The Morgan fingerprint density at radius 1 is 1.08 bits per heavy atom. The molecule has 1 aliphatic rings. The summed E-state index contributed by atoms with van der Waals surface area (Å²) in [7, 11) is 0. The van der Waals surface area contributed by atoms with Crippen LogP contribution in [-0.2, 0) is 0 Å². The molecule has 132 valence electrons. The van der Waals surface area contributed by atoms with E-state index in [0.717, 1.165) is 24.1 Å². The summed E-state index contributed by atoms with van der Waals surface area (Å²) in [6, 6.07) is 9.94. The molecule has 3 heterocycles. The molecular weight excluding hydrogens is 332 g/mol. The van der Waals surface area contributed by atoms with E-state index >= 15 is 0 Å². The van der Waals surface area contributed by atoms with Crippen LogP contribution in [0.1, 0.15) is 12.8 Å². The van der Waals surface area contributed by atoms with Crippen LogP contribution in [0.25, 0.3) is 22.4 Å². The van der Waals surface area contributed by atoms with Crippen molar-refractivity contribution in [1.29, 1.82) is 0 Å². The number of aromatic nitrogens is 4. The van der Waals surface area contributed by atoms with Crippen molar-refractivity contribution in [3.8, 4) is 11.3 Å². The molecule has 0 saturated carbocycles. The summed E-state index contributed by atoms with van der Waals surface area (Å²) in [4.78, 5) is 30.3. The average Bonchev–Trinajstić information content (AvgIpc) is 2.68. The van der Waals surface area contributed by atoms with Crippen LogP contribution in [0.2, 0.25) is 0 Å². The summed E-state index contributed by atoms with van der Waals surface area (Å²) in [5.74, 6) is 0.491. The van der Waals surface area contributed by atoms with Gasteiger partial charge in [0.1, 0.15) is 11.2 Å². The zero-order chi connectivity index (χ0) is 17.9. The van der Waals surface area contributed by atoms with E-state index in [1.165, 1.54) is 4.90 Å². The second-order valence-electron chi connectivity index (χ2n) is 6.18. The van der Waals surface area contributed by atoms with E-state index in [9.17, 15) is 4.79 Å². The van der Waals surface area contributed by atoms with Crippen LogP contribution in [0.4, 0.5) is 10.7 Å². The first-order valence-electron chi connectivity index (χ1n) is 8.49. The van der Waals surface area contributed by atoms with Crippen LogP contribution >= 0.6 is 0 Å². The largest absolute Gasteiger partial charge is 0.465 e. The minimum atomic E-state index is -0.868. The topological polar surface area (TPSA) is 104 Å². The van der Waals surface area contributed by atoms with Gasteiger partial charge in [-0.1, -0.05) is 30.3 Å². The summed E-state index contributed by atoms with van der Waals surface area (Å²) < 4.78 is 0. The van der Waals surface area contributed by atoms with Crippen molar-refractivity contribution in [1.82, 2.24) is 24.8 Å². The number of rotatable bonds is 3. The normalized spacial score (nSPS) is 15.2. The molecule has 3 aromatic rings. The van der Waals surface area contributed by atoms with Gasteiger partial charge in [-0.2, -0.15) is 4.98 Å². The molecule has 0 spiro atoms. The summed E-state index contributed by atoms with van der Waals surface area (Å²) in [5, 5.41) is 12.4. The first-order chi connectivity index (χ1) is 12.7. The number of anilines is 1. The number of nitrogens with zero attached hydrogens (tertiary/aromatic N) is 5. The van der Waals surface area contributed by atoms with Crippen LogP contribution in [0.15, 0.2) is 42.7 Å². The Labute approximate surface area is 149 Å². The van der Waals surface area contributed by atoms with E-state index < -0.39 is 6.09 Å². The fraction of sp³-hybridized carbons (Fsp3) is 0.278. The maximum absolute atomic E-state index is 11.0. The molecule has 0 radical (unpaired) electrons. The fourth-order valence-electron chi connectivity index (χ4n) is 3.12. The lowest BCUT2D eigenvalue weighted by atomic mass is 10.1. The Balaban J connectivity index is 1.63. The number of carboxylic acid groups (broad SMARTS) is 1. The van der Waals surface area contributed by atoms with Gasteiger partial charge in [0.25, 0.3) is 0 Å². The Morgan fingerprint density at radius 3 is 2.54 bits per heavy atom. The number of piperidine rings is 1. The van der Waals surface area contributed by atoms with Crippen molar-refractivity contribution in [3.63, 3.8) is 0 Å². The molecule has 0 atom stereocenters. The van der Waals surface area contributed by atoms with Crippen LogP contribution in [0, 0.1) is 0 Å². The molecule has 1 amide bonds. The third-order valence-corrected chi connectivity index (χ3v) is 4.48. The average molecular weight is 350 g/mol. The number of fused-ring (bicyclic) bond motifs is 1. The molecule has 1 saturated heterocycles. The maximum Gasteiger partial charge on any atom is 0.407 e. The predicted octanol–water partition coefficient (Wildman–Crippen LogP) is 2.64. The highest BCUT2D eigenvalue weighted by atomic mass is 16.4. The molecule has 26 heavy (non-hydrogen) atoms. The molecule has 0 unspecified atom stereocenters. The van der Waals surface area contributed by atoms with Gasteiger partial charge in [-0.3, -0.25) is 0 Å². The van der Waals surface area contributed by atoms with E-state index in [-0.39, 0.29) is 6.04 Å². The van der Waals surface area contributed by atoms with Crippen molar-refractivity contribution >= 4 is 23.2 Å². The smallest absolute Gasteiger partial charge is 0.407 e. The molecule has 1 fully saturated rings. The van der Waals surface area contributed by atoms with Crippen molar-refractivity contribution in [2.75, 3.05) is 18.4 Å². The fourth-order valence-corrected chi connectivity index (χ4v) is 3.12. The molecule has 0 aliphatic carbocycles. The maximum atomic E-state index is 11.0. The third kappa shape index (κ3) is 3.26. The van der Waals surface area contributed by atoms with Crippen molar-refractivity contribution in [3.05, 3.63) is 42.7 Å². The molecular formula is C18H18N6O2. The first kappa shape index (κ1) is 16.2. The number of hydrogen-bond donors (Lipinski definition) is 2. The van der Waals surface area contributed by atoms with Gasteiger partial charge >= 0.3 is 6.09 Å². The lowest BCUT2D eigenvalue weighted by Gasteiger charge is -2.30. The second kappa shape index (κ2) is 6.91. The second-order valence-corrected chi connectivity index (χ2v) is 6.18. The molecule has 2 N–H and O–H groups in total. The molecule has 8 nitrogen and oxygen atoms in total. The Bertz CT molecular complexity index is 925. The van der Waals surface area contributed by atoms with E-state index in [0.29, 0.717) is 30.2 Å². The standard InChI is InChI=1S/C18H18N6O2/c25-18(26)24-10-6-13(7-11-24)21-17-22-14(12-4-2-1-3-5-12)15-16(23-17)20-9-8-19-15/h1-5,8-9,13H,6-7,10-11H2,(H,25,26)(H,20,21,22,23). The summed E-state index contributed by atoms with van der Waals surface area (Å²) in [5.41, 5.74) is 2.87. The highest BCUT2D eigenvalue weighted by Gasteiger charge is 2.23. The van der Waals surface area contributed by atoms with Gasteiger partial charge in [-0.05, 0) is 12.8 Å². The lowest BCUT2D eigenvalue weighted by molar-refractivity contribution is 0.133. The first-order valence-corrected chi connectivity index (χ1v) is 8.49. The van der Waals surface area contributed by atoms with E-state index in [2.05, 4.69) is 25.3 Å². The van der Waals surface area contributed by atoms with E-state index in [1.54, 1.807) is 12.4 Å². The summed E-state index contributed by atoms with van der Waals surface area (Å²) in [6.45, 7) is 1.01. The van der Waals surface area contributed by atoms with Gasteiger partial charge in [0, 0.05) is 37.1 Å². The number of benzene rings is 1. The Kier molecular flexibility index (Phi) is 4.30. The van der Waals surface area contributed by atoms with Gasteiger partial charge in [0.15, 0.2) is 5.65 Å². The number of amides is 1. The molecule has 1 aromatic carbocycles. The van der Waals surface area contributed by atoms with Gasteiger partial charge in [0.2, 0.25) is 5.95 Å². The molecule has 4 rings (SSSR count). The minimum absolute atomic E-state index is 0.128. The molecule has 0 bridgehead atoms. The van der Waals surface area contributed by atoms with E-state index in [4.69, 9.17) is 5.11 Å². The minimum Gasteiger partial charge on any atom is -0.465 e. The highest BCUT2D eigenvalue weighted by molar-refractivity contribution is 5.87. The van der Waals surface area contributed by atoms with Crippen molar-refractivity contribution in [2.45, 2.75) is 18.9 Å². The number of carbonyl (C=O) groups is 1. The van der Waals surface area contributed by atoms with Gasteiger partial charge in [-0.15, -0.1) is 0 Å². The quantitative estimate of drug-likeness (QED) is 0.748. The van der Waals surface area contributed by atoms with Gasteiger partial charge in [-0.25, -0.2) is 19.7 Å². The van der Waals surface area contributed by atoms with Crippen LogP contribution in [0.5, 0.6) is 0 Å². The van der Waals surface area contributed by atoms with Crippen LogP contribution < -0.4 is 5.32 Å². The SMILES string of the molecule is O=C(O)N1CCC(Nc2nc(-c3ccccc3)c3nccnc3n2)CC1. The van der Waals surface area contributed by atoms with E-state index in [1.807, 2.05) is 30.3 Å². The molecule has 2 aromatic heterocycles. The zero-order valence-electron chi connectivity index (χ0n) is 14.0. The Morgan fingerprint density at radius 2 is 1.81 bits per heavy atom. The highest BCUT2D eigenvalue weighted by Crippen LogP contribution is 2.25. The zero-order valence-corrected chi connectivity index (χ0v) is 14.0. The number of hydrogen-bond acceptors (Lipinski definition) is 6. The predicted molar refractivity (Wildman–Crippen MR) is 96.8 cm³/mol. The summed E-state index contributed by atoms with van der Waals surface area (Å²) in [6.07, 6.45) is 3.81. The van der Waals surface area contributed by atoms with Gasteiger partial charge in [0.05, 0.1) is 0 Å². The van der Waals surface area contributed by atoms with Crippen molar-refractivity contribution in [2.24, 2.45) is 0 Å². The van der Waals surface area contributed by atoms with Crippen LogP contribution in [0.3, 0.4) is 0 Å². The molecule has 1 aliphatic heterocycles. The van der Waals surface area contributed by atoms with Crippen molar-refractivity contribution < 1.29 is 9.90 Å². The summed E-state index contributed by atoms with van der Waals surface area (Å²) >= 11 is 0. The monoisotopic (exact) mass is 350 g/mol. The number of nitrogens with one attached hydrogen (secondary N) is 1. The van der Waals surface area contributed by atoms with Gasteiger partial charge < -0.3 is 15.3 Å². The lowest BCUT2D eigenvalue weighted by Crippen LogP contribution is -2.41. The number of likely N-dealkylation sites (tertiary alicyclic amines) is 1. The third-order valence-electron chi connectivity index (χ3n) is 4.48. The Hall–Kier alpha value is -3.29.